The molecule has 0 aliphatic heterocycles. The summed E-state index contributed by atoms with van der Waals surface area (Å²) >= 11 is 2.79. The van der Waals surface area contributed by atoms with Gasteiger partial charge in [0.1, 0.15) is 17.4 Å². The van der Waals surface area contributed by atoms with Gasteiger partial charge in [0.25, 0.3) is 5.89 Å². The summed E-state index contributed by atoms with van der Waals surface area (Å²) < 4.78 is 24.4. The quantitative estimate of drug-likeness (QED) is 0.412. The Hall–Kier alpha value is -3.11. The van der Waals surface area contributed by atoms with E-state index in [-0.39, 0.29) is 31.3 Å². The fourth-order valence-electron chi connectivity index (χ4n) is 2.47. The van der Waals surface area contributed by atoms with Crippen LogP contribution in [0.15, 0.2) is 56.4 Å². The summed E-state index contributed by atoms with van der Waals surface area (Å²) in [6, 6.07) is 9.64. The van der Waals surface area contributed by atoms with Crippen LogP contribution in [0, 0.1) is 5.82 Å². The maximum Gasteiger partial charge on any atom is 0.437 e. The lowest BCUT2D eigenvalue weighted by molar-refractivity contribution is -0.145. The molecular weight excluding hydrogens is 417 g/mol. The number of thiazole rings is 1. The van der Waals surface area contributed by atoms with Crippen molar-refractivity contribution in [3.05, 3.63) is 69.2 Å². The molecule has 0 aliphatic carbocycles. The van der Waals surface area contributed by atoms with Crippen LogP contribution in [0.3, 0.4) is 0 Å². The molecule has 0 fully saturated rings. The minimum absolute atomic E-state index is 0.0185. The molecule has 0 atom stereocenters. The maximum atomic E-state index is 13.0. The van der Waals surface area contributed by atoms with E-state index in [9.17, 15) is 14.0 Å². The number of halogens is 1. The molecule has 0 radical (unpaired) electrons. The number of nitrogens with zero attached hydrogens (tertiary/aromatic N) is 3. The zero-order chi connectivity index (χ0) is 20.2. The summed E-state index contributed by atoms with van der Waals surface area (Å²) in [5.74, 6) is -1.18. The lowest BCUT2D eigenvalue weighted by Gasteiger charge is -2.02. The average Bonchev–Trinajstić information content (AvgIpc) is 3.46. The average molecular weight is 431 g/mol. The van der Waals surface area contributed by atoms with E-state index >= 15 is 0 Å². The maximum absolute atomic E-state index is 13.0. The fraction of sp³-hybridized carbons (Fsp3) is 0.158. The number of carbonyl (C=O) groups excluding carboxylic acids is 1. The highest BCUT2D eigenvalue weighted by Crippen LogP contribution is 2.24. The van der Waals surface area contributed by atoms with Crippen molar-refractivity contribution in [2.75, 3.05) is 0 Å². The van der Waals surface area contributed by atoms with Crippen molar-refractivity contribution in [2.24, 2.45) is 0 Å². The van der Waals surface area contributed by atoms with E-state index in [2.05, 4.69) is 10.1 Å². The largest absolute Gasteiger partial charge is 0.459 e. The van der Waals surface area contributed by atoms with Crippen LogP contribution in [0.1, 0.15) is 12.1 Å². The van der Waals surface area contributed by atoms with Crippen LogP contribution in [0.25, 0.3) is 21.3 Å². The highest BCUT2D eigenvalue weighted by Gasteiger charge is 2.13. The van der Waals surface area contributed by atoms with Crippen molar-refractivity contribution in [3.8, 4) is 21.3 Å². The zero-order valence-electron chi connectivity index (χ0n) is 14.9. The molecule has 0 amide bonds. The van der Waals surface area contributed by atoms with Gasteiger partial charge in [-0.3, -0.25) is 4.79 Å². The molecule has 0 bridgehead atoms. The molecule has 0 aliphatic rings. The molecule has 0 saturated heterocycles. The second-order valence-electron chi connectivity index (χ2n) is 5.94. The third kappa shape index (κ3) is 4.66. The monoisotopic (exact) mass is 431 g/mol. The minimum atomic E-state index is -0.621. The number of aromatic nitrogens is 3. The molecule has 10 heteroatoms. The van der Waals surface area contributed by atoms with Crippen LogP contribution in [0.4, 0.5) is 4.39 Å². The first-order valence-electron chi connectivity index (χ1n) is 8.56. The lowest BCUT2D eigenvalue weighted by atomic mass is 10.2. The summed E-state index contributed by atoms with van der Waals surface area (Å²) in [4.78, 5) is 29.0. The molecule has 4 aromatic rings. The van der Waals surface area contributed by atoms with E-state index in [4.69, 9.17) is 9.15 Å². The molecule has 148 valence electrons. The molecule has 3 heterocycles. The molecular formula is C19H14FN3O4S2. The Kier molecular flexibility index (Phi) is 5.63. The number of ether oxygens (including phenoxy) is 1. The summed E-state index contributed by atoms with van der Waals surface area (Å²) in [7, 11) is 0. The van der Waals surface area contributed by atoms with Crippen molar-refractivity contribution in [1.29, 1.82) is 0 Å². The number of thiophene rings is 1. The Balaban J connectivity index is 1.30. The Morgan fingerprint density at radius 2 is 2.03 bits per heavy atom. The van der Waals surface area contributed by atoms with E-state index in [1.54, 1.807) is 23.6 Å². The van der Waals surface area contributed by atoms with Gasteiger partial charge in [-0.1, -0.05) is 6.07 Å². The van der Waals surface area contributed by atoms with Gasteiger partial charge in [0.05, 0.1) is 23.5 Å². The Bertz CT molecular complexity index is 1160. The Morgan fingerprint density at radius 1 is 1.21 bits per heavy atom. The second kappa shape index (κ2) is 8.50. The first-order valence-corrected chi connectivity index (χ1v) is 10.3. The summed E-state index contributed by atoms with van der Waals surface area (Å²) in [6.07, 6.45) is -0.0225. The van der Waals surface area contributed by atoms with Gasteiger partial charge in [-0.05, 0) is 35.7 Å². The van der Waals surface area contributed by atoms with E-state index in [0.29, 0.717) is 10.7 Å². The van der Waals surface area contributed by atoms with Gasteiger partial charge in [0.2, 0.25) is 0 Å². The van der Waals surface area contributed by atoms with Crippen molar-refractivity contribution in [2.45, 2.75) is 19.6 Å². The number of aryl methyl sites for hydroxylation is 1. The number of benzene rings is 1. The molecule has 29 heavy (non-hydrogen) atoms. The predicted octanol–water partition coefficient (Wildman–Crippen LogP) is 3.96. The highest BCUT2D eigenvalue weighted by molar-refractivity contribution is 7.13. The van der Waals surface area contributed by atoms with Gasteiger partial charge >= 0.3 is 11.7 Å². The van der Waals surface area contributed by atoms with Crippen molar-refractivity contribution < 1.29 is 18.3 Å². The topological polar surface area (TPSA) is 87.2 Å². The third-order valence-electron chi connectivity index (χ3n) is 3.89. The molecule has 3 aromatic heterocycles. The van der Waals surface area contributed by atoms with E-state index in [0.717, 1.165) is 15.1 Å². The van der Waals surface area contributed by atoms with Crippen LogP contribution in [-0.4, -0.2) is 20.7 Å². The number of esters is 1. The van der Waals surface area contributed by atoms with Gasteiger partial charge in [0.15, 0.2) is 0 Å². The van der Waals surface area contributed by atoms with Crippen LogP contribution >= 0.6 is 22.7 Å². The lowest BCUT2D eigenvalue weighted by Crippen LogP contribution is -2.18. The van der Waals surface area contributed by atoms with Crippen LogP contribution in [-0.2, 0) is 22.7 Å². The van der Waals surface area contributed by atoms with Crippen molar-refractivity contribution in [1.82, 2.24) is 14.8 Å². The molecule has 0 unspecified atom stereocenters. The van der Waals surface area contributed by atoms with Crippen molar-refractivity contribution in [3.63, 3.8) is 0 Å². The third-order valence-corrected chi connectivity index (χ3v) is 5.69. The molecule has 1 aromatic carbocycles. The number of hydrogen-bond donors (Lipinski definition) is 0. The van der Waals surface area contributed by atoms with Gasteiger partial charge in [-0.2, -0.15) is 4.68 Å². The minimum Gasteiger partial charge on any atom is -0.459 e. The standard InChI is InChI=1S/C19H14FN3O4S2/c20-13-5-3-12(4-6-13)18-21-14(11-29-18)10-26-16(24)7-8-23-19(25)27-17(22-23)15-2-1-9-28-15/h1-6,9,11H,7-8,10H2. The summed E-state index contributed by atoms with van der Waals surface area (Å²) in [5.41, 5.74) is 1.39. The second-order valence-corrected chi connectivity index (χ2v) is 7.74. The zero-order valence-corrected chi connectivity index (χ0v) is 16.5. The van der Waals surface area contributed by atoms with E-state index < -0.39 is 11.7 Å². The SMILES string of the molecule is O=C(CCn1nc(-c2cccs2)oc1=O)OCc1csc(-c2ccc(F)cc2)n1. The van der Waals surface area contributed by atoms with Crippen molar-refractivity contribution >= 4 is 28.6 Å². The molecule has 4 rings (SSSR count). The van der Waals surface area contributed by atoms with Crippen LogP contribution < -0.4 is 5.76 Å². The Morgan fingerprint density at radius 3 is 2.79 bits per heavy atom. The van der Waals surface area contributed by atoms with Gasteiger partial charge < -0.3 is 9.15 Å². The number of hydrogen-bond acceptors (Lipinski definition) is 8. The summed E-state index contributed by atoms with van der Waals surface area (Å²) in [6.45, 7) is 0.0785. The number of carbonyl (C=O) groups is 1. The van der Waals surface area contributed by atoms with E-state index in [1.807, 2.05) is 11.4 Å². The van der Waals surface area contributed by atoms with Crippen LogP contribution in [0.2, 0.25) is 0 Å². The predicted molar refractivity (Wildman–Crippen MR) is 106 cm³/mol. The van der Waals surface area contributed by atoms with Gasteiger partial charge in [0, 0.05) is 10.9 Å². The normalized spacial score (nSPS) is 10.9. The molecule has 0 N–H and O–H groups in total. The summed E-state index contributed by atoms with van der Waals surface area (Å²) in [5, 5.41) is 8.43. The molecule has 0 saturated carbocycles. The number of rotatable bonds is 7. The smallest absolute Gasteiger partial charge is 0.437 e. The molecule has 7 nitrogen and oxygen atoms in total. The van der Waals surface area contributed by atoms with Crippen LogP contribution in [0.5, 0.6) is 0 Å². The fourth-order valence-corrected chi connectivity index (χ4v) is 3.92. The van der Waals surface area contributed by atoms with Gasteiger partial charge in [-0.15, -0.1) is 27.8 Å². The first kappa shape index (κ1) is 19.2. The van der Waals surface area contributed by atoms with Gasteiger partial charge in [-0.25, -0.2) is 14.2 Å². The first-order chi connectivity index (χ1) is 14.1. The van der Waals surface area contributed by atoms with E-state index in [1.165, 1.54) is 34.8 Å². The Labute approximate surface area is 172 Å². The highest BCUT2D eigenvalue weighted by atomic mass is 32.1. The molecule has 0 spiro atoms.